The summed E-state index contributed by atoms with van der Waals surface area (Å²) in [4.78, 5) is 19.0. The van der Waals surface area contributed by atoms with E-state index in [1.165, 1.54) is 12.8 Å². The molecule has 1 aliphatic heterocycles. The van der Waals surface area contributed by atoms with Gasteiger partial charge in [-0.3, -0.25) is 4.79 Å². The van der Waals surface area contributed by atoms with E-state index in [2.05, 4.69) is 17.1 Å². The highest BCUT2D eigenvalue weighted by Crippen LogP contribution is 2.28. The van der Waals surface area contributed by atoms with Crippen molar-refractivity contribution in [2.45, 2.75) is 57.8 Å². The Hall–Kier alpha value is -2.37. The predicted octanol–water partition coefficient (Wildman–Crippen LogP) is 4.42. The molecule has 1 aliphatic rings. The number of likely N-dealkylation sites (tertiary alicyclic amines) is 1. The zero-order chi connectivity index (χ0) is 19.1. The molecular weight excluding hydrogens is 342 g/mol. The van der Waals surface area contributed by atoms with Gasteiger partial charge in [-0.1, -0.05) is 31.3 Å². The largest absolute Gasteiger partial charge is 0.497 e. The second kappa shape index (κ2) is 9.53. The molecule has 1 atom stereocenters. The molecule has 6 nitrogen and oxygen atoms in total. The normalized spacial score (nSPS) is 17.1. The molecule has 1 aromatic heterocycles. The first-order valence-corrected chi connectivity index (χ1v) is 9.97. The van der Waals surface area contributed by atoms with E-state index < -0.39 is 0 Å². The first-order valence-electron chi connectivity index (χ1n) is 9.97. The van der Waals surface area contributed by atoms with Crippen molar-refractivity contribution in [1.29, 1.82) is 0 Å². The summed E-state index contributed by atoms with van der Waals surface area (Å²) in [5.41, 5.74) is 0.894. The SMILES string of the molecule is CCCCCCC(=O)N1CCC[C@H](c2nc(-c3ccc(OC)cc3)no2)C1. The zero-order valence-electron chi connectivity index (χ0n) is 16.3. The van der Waals surface area contributed by atoms with Gasteiger partial charge in [-0.2, -0.15) is 4.98 Å². The summed E-state index contributed by atoms with van der Waals surface area (Å²) >= 11 is 0. The number of carbonyl (C=O) groups is 1. The van der Waals surface area contributed by atoms with Gasteiger partial charge in [-0.05, 0) is 43.5 Å². The number of benzene rings is 1. The number of hydrogen-bond acceptors (Lipinski definition) is 5. The van der Waals surface area contributed by atoms with E-state index in [-0.39, 0.29) is 11.8 Å². The molecule has 2 heterocycles. The van der Waals surface area contributed by atoms with Gasteiger partial charge in [0.2, 0.25) is 17.6 Å². The van der Waals surface area contributed by atoms with Gasteiger partial charge in [-0.15, -0.1) is 0 Å². The molecule has 0 radical (unpaired) electrons. The lowest BCUT2D eigenvalue weighted by molar-refractivity contribution is -0.132. The van der Waals surface area contributed by atoms with Gasteiger partial charge in [0, 0.05) is 25.1 Å². The van der Waals surface area contributed by atoms with Crippen LogP contribution in [0.15, 0.2) is 28.8 Å². The van der Waals surface area contributed by atoms with Crippen molar-refractivity contribution in [3.05, 3.63) is 30.2 Å². The van der Waals surface area contributed by atoms with Crippen LogP contribution in [0.5, 0.6) is 5.75 Å². The number of amides is 1. The molecule has 2 aromatic rings. The van der Waals surface area contributed by atoms with Gasteiger partial charge in [0.15, 0.2) is 0 Å². The van der Waals surface area contributed by atoms with Crippen LogP contribution >= 0.6 is 0 Å². The Morgan fingerprint density at radius 2 is 2.07 bits per heavy atom. The van der Waals surface area contributed by atoms with Crippen LogP contribution in [-0.2, 0) is 4.79 Å². The van der Waals surface area contributed by atoms with Crippen LogP contribution in [-0.4, -0.2) is 41.1 Å². The van der Waals surface area contributed by atoms with Crippen LogP contribution < -0.4 is 4.74 Å². The number of hydrogen-bond donors (Lipinski definition) is 0. The lowest BCUT2D eigenvalue weighted by Crippen LogP contribution is -2.39. The lowest BCUT2D eigenvalue weighted by atomic mass is 9.97. The maximum Gasteiger partial charge on any atom is 0.231 e. The molecule has 1 fully saturated rings. The van der Waals surface area contributed by atoms with Gasteiger partial charge in [-0.25, -0.2) is 0 Å². The Kier molecular flexibility index (Phi) is 6.85. The Labute approximate surface area is 160 Å². The minimum atomic E-state index is 0.123. The molecule has 146 valence electrons. The number of carbonyl (C=O) groups excluding carboxylic acids is 1. The minimum Gasteiger partial charge on any atom is -0.497 e. The van der Waals surface area contributed by atoms with Gasteiger partial charge in [0.05, 0.1) is 13.0 Å². The van der Waals surface area contributed by atoms with Gasteiger partial charge >= 0.3 is 0 Å². The molecule has 1 aromatic carbocycles. The third-order valence-electron chi connectivity index (χ3n) is 5.16. The van der Waals surface area contributed by atoms with E-state index in [1.54, 1.807) is 7.11 Å². The van der Waals surface area contributed by atoms with E-state index in [9.17, 15) is 4.79 Å². The fourth-order valence-corrected chi connectivity index (χ4v) is 3.52. The number of ether oxygens (including phenoxy) is 1. The highest BCUT2D eigenvalue weighted by Gasteiger charge is 2.28. The number of methoxy groups -OCH3 is 1. The summed E-state index contributed by atoms with van der Waals surface area (Å²) in [7, 11) is 1.64. The number of piperidine rings is 1. The van der Waals surface area contributed by atoms with Crippen LogP contribution in [0.1, 0.15) is 63.7 Å². The molecule has 0 spiro atoms. The van der Waals surface area contributed by atoms with Crippen LogP contribution in [0, 0.1) is 0 Å². The minimum absolute atomic E-state index is 0.123. The maximum atomic E-state index is 12.5. The first-order chi connectivity index (χ1) is 13.2. The second-order valence-corrected chi connectivity index (χ2v) is 7.17. The van der Waals surface area contributed by atoms with Crippen molar-refractivity contribution < 1.29 is 14.1 Å². The smallest absolute Gasteiger partial charge is 0.231 e. The van der Waals surface area contributed by atoms with E-state index >= 15 is 0 Å². The molecule has 0 N–H and O–H groups in total. The van der Waals surface area contributed by atoms with Crippen molar-refractivity contribution >= 4 is 5.91 Å². The van der Waals surface area contributed by atoms with Crippen LogP contribution in [0.2, 0.25) is 0 Å². The van der Waals surface area contributed by atoms with E-state index in [4.69, 9.17) is 9.26 Å². The molecule has 6 heteroatoms. The fourth-order valence-electron chi connectivity index (χ4n) is 3.52. The number of aromatic nitrogens is 2. The summed E-state index contributed by atoms with van der Waals surface area (Å²) in [5.74, 6) is 2.38. The van der Waals surface area contributed by atoms with E-state index in [1.807, 2.05) is 29.2 Å². The number of nitrogens with zero attached hydrogens (tertiary/aromatic N) is 3. The van der Waals surface area contributed by atoms with Crippen molar-refractivity contribution in [2.75, 3.05) is 20.2 Å². The monoisotopic (exact) mass is 371 g/mol. The van der Waals surface area contributed by atoms with Crippen LogP contribution in [0.4, 0.5) is 0 Å². The molecule has 0 bridgehead atoms. The van der Waals surface area contributed by atoms with Crippen LogP contribution in [0.3, 0.4) is 0 Å². The fraction of sp³-hybridized carbons (Fsp3) is 0.571. The van der Waals surface area contributed by atoms with Crippen molar-refractivity contribution in [3.8, 4) is 17.1 Å². The first kappa shape index (κ1) is 19.4. The number of unbranched alkanes of at least 4 members (excludes halogenated alkanes) is 3. The average Bonchev–Trinajstić information content (AvgIpc) is 3.21. The topological polar surface area (TPSA) is 68.5 Å². The predicted molar refractivity (Wildman–Crippen MR) is 104 cm³/mol. The number of rotatable bonds is 8. The summed E-state index contributed by atoms with van der Waals surface area (Å²) in [6, 6.07) is 7.59. The summed E-state index contributed by atoms with van der Waals surface area (Å²) in [6.07, 6.45) is 7.10. The lowest BCUT2D eigenvalue weighted by Gasteiger charge is -2.31. The molecular formula is C21H29N3O3. The standard InChI is InChI=1S/C21H29N3O3/c1-3-4-5-6-9-19(25)24-14-7-8-17(15-24)21-22-20(23-27-21)16-10-12-18(26-2)13-11-16/h10-13,17H,3-9,14-15H2,1-2H3/t17-/m0/s1. The molecule has 0 unspecified atom stereocenters. The van der Waals surface area contributed by atoms with Crippen molar-refractivity contribution in [2.24, 2.45) is 0 Å². The second-order valence-electron chi connectivity index (χ2n) is 7.17. The Morgan fingerprint density at radius 1 is 1.26 bits per heavy atom. The summed E-state index contributed by atoms with van der Waals surface area (Å²) < 4.78 is 10.7. The molecule has 1 saturated heterocycles. The highest BCUT2D eigenvalue weighted by molar-refractivity contribution is 5.76. The summed E-state index contributed by atoms with van der Waals surface area (Å²) in [5, 5.41) is 4.13. The molecule has 3 rings (SSSR count). The highest BCUT2D eigenvalue weighted by atomic mass is 16.5. The van der Waals surface area contributed by atoms with E-state index in [0.717, 1.165) is 43.5 Å². The van der Waals surface area contributed by atoms with Crippen molar-refractivity contribution in [3.63, 3.8) is 0 Å². The quantitative estimate of drug-likeness (QED) is 0.643. The van der Waals surface area contributed by atoms with Gasteiger partial charge in [0.25, 0.3) is 0 Å². The Balaban J connectivity index is 1.59. The third-order valence-corrected chi connectivity index (χ3v) is 5.16. The maximum absolute atomic E-state index is 12.5. The third kappa shape index (κ3) is 5.08. The van der Waals surface area contributed by atoms with Crippen molar-refractivity contribution in [1.82, 2.24) is 15.0 Å². The molecule has 27 heavy (non-hydrogen) atoms. The molecule has 0 saturated carbocycles. The Morgan fingerprint density at radius 3 is 2.81 bits per heavy atom. The molecule has 1 amide bonds. The zero-order valence-corrected chi connectivity index (χ0v) is 16.3. The van der Waals surface area contributed by atoms with E-state index in [0.29, 0.717) is 24.7 Å². The average molecular weight is 371 g/mol. The summed E-state index contributed by atoms with van der Waals surface area (Å²) in [6.45, 7) is 3.70. The molecule has 0 aliphatic carbocycles. The van der Waals surface area contributed by atoms with Crippen LogP contribution in [0.25, 0.3) is 11.4 Å². The van der Waals surface area contributed by atoms with Gasteiger partial charge in [0.1, 0.15) is 5.75 Å². The van der Waals surface area contributed by atoms with Gasteiger partial charge < -0.3 is 14.2 Å². The Bertz CT molecular complexity index is 727.